The number of rotatable bonds is 8. The van der Waals surface area contributed by atoms with Crippen LogP contribution in [0.2, 0.25) is 5.02 Å². The number of amides is 1. The van der Waals surface area contributed by atoms with Crippen molar-refractivity contribution in [1.29, 1.82) is 0 Å². The van der Waals surface area contributed by atoms with E-state index >= 15 is 0 Å². The second kappa shape index (κ2) is 9.62. The molecule has 144 valence electrons. The fraction of sp³-hybridized carbons (Fsp3) is 0.143. The van der Waals surface area contributed by atoms with E-state index in [-0.39, 0.29) is 5.91 Å². The molecule has 0 aliphatic rings. The van der Waals surface area contributed by atoms with Crippen LogP contribution in [0.1, 0.15) is 10.4 Å². The average molecular weight is 398 g/mol. The summed E-state index contributed by atoms with van der Waals surface area (Å²) in [5, 5.41) is 6.45. The molecule has 2 N–H and O–H groups in total. The topological polar surface area (TPSA) is 72.5 Å². The van der Waals surface area contributed by atoms with Crippen LogP contribution < -0.4 is 20.1 Å². The summed E-state index contributed by atoms with van der Waals surface area (Å²) >= 11 is 6.08. The van der Waals surface area contributed by atoms with Gasteiger partial charge in [0.2, 0.25) is 0 Å². The lowest BCUT2D eigenvalue weighted by molar-refractivity contribution is 0.102. The van der Waals surface area contributed by atoms with Gasteiger partial charge in [0.1, 0.15) is 18.1 Å². The fourth-order valence-electron chi connectivity index (χ4n) is 2.45. The molecule has 0 unspecified atom stereocenters. The van der Waals surface area contributed by atoms with Gasteiger partial charge in [-0.05, 0) is 42.5 Å². The molecular formula is C21H20ClN3O3. The van der Waals surface area contributed by atoms with Crippen LogP contribution in [0.15, 0.2) is 67.0 Å². The highest BCUT2D eigenvalue weighted by Gasteiger charge is 2.09. The Labute approximate surface area is 168 Å². The van der Waals surface area contributed by atoms with E-state index < -0.39 is 0 Å². The Morgan fingerprint density at radius 3 is 2.57 bits per heavy atom. The van der Waals surface area contributed by atoms with Crippen LogP contribution in [-0.4, -0.2) is 31.2 Å². The number of pyridine rings is 1. The molecule has 7 heteroatoms. The highest BCUT2D eigenvalue weighted by atomic mass is 35.5. The van der Waals surface area contributed by atoms with E-state index in [1.165, 1.54) is 6.20 Å². The van der Waals surface area contributed by atoms with Gasteiger partial charge in [0.05, 0.1) is 29.1 Å². The maximum absolute atomic E-state index is 12.4. The number of carbonyl (C=O) groups is 1. The predicted octanol–water partition coefficient (Wildman–Crippen LogP) is 4.49. The fourth-order valence-corrected chi connectivity index (χ4v) is 2.64. The summed E-state index contributed by atoms with van der Waals surface area (Å²) in [5.41, 5.74) is 1.71. The third kappa shape index (κ3) is 5.37. The molecule has 0 fully saturated rings. The first-order chi connectivity index (χ1) is 13.7. The average Bonchev–Trinajstić information content (AvgIpc) is 2.73. The number of halogens is 1. The smallest absolute Gasteiger partial charge is 0.257 e. The third-order valence-corrected chi connectivity index (χ3v) is 4.21. The van der Waals surface area contributed by atoms with Crippen molar-refractivity contribution in [2.75, 3.05) is 30.9 Å². The van der Waals surface area contributed by atoms with Crippen LogP contribution in [0.25, 0.3) is 0 Å². The molecule has 0 spiro atoms. The molecule has 0 saturated heterocycles. The van der Waals surface area contributed by atoms with Crippen LogP contribution in [-0.2, 0) is 0 Å². The van der Waals surface area contributed by atoms with Crippen molar-refractivity contribution in [3.63, 3.8) is 0 Å². The van der Waals surface area contributed by atoms with E-state index in [2.05, 4.69) is 15.6 Å². The largest absolute Gasteiger partial charge is 0.497 e. The number of hydrogen-bond donors (Lipinski definition) is 2. The maximum atomic E-state index is 12.4. The van der Waals surface area contributed by atoms with Crippen molar-refractivity contribution >= 4 is 28.9 Å². The molecule has 0 aliphatic carbocycles. The molecule has 3 aromatic rings. The van der Waals surface area contributed by atoms with Gasteiger partial charge in [-0.1, -0.05) is 23.7 Å². The molecule has 0 radical (unpaired) electrons. The molecule has 0 aliphatic heterocycles. The van der Waals surface area contributed by atoms with Gasteiger partial charge in [-0.15, -0.1) is 0 Å². The van der Waals surface area contributed by atoms with Crippen molar-refractivity contribution in [3.8, 4) is 11.5 Å². The normalized spacial score (nSPS) is 10.2. The highest BCUT2D eigenvalue weighted by Crippen LogP contribution is 2.21. The zero-order valence-electron chi connectivity index (χ0n) is 15.3. The van der Waals surface area contributed by atoms with E-state index in [4.69, 9.17) is 21.1 Å². The maximum Gasteiger partial charge on any atom is 0.257 e. The van der Waals surface area contributed by atoms with Gasteiger partial charge in [0.15, 0.2) is 0 Å². The Balaban J connectivity index is 1.51. The SMILES string of the molecule is COc1ccc(OCCNc2cncc(C(=O)Nc3ccccc3Cl)c2)cc1. The standard InChI is InChI=1S/C21H20ClN3O3/c1-27-17-6-8-18(9-7-17)28-11-10-24-16-12-15(13-23-14-16)21(26)25-20-5-3-2-4-19(20)22/h2-9,12-14,24H,10-11H2,1H3,(H,25,26). The van der Waals surface area contributed by atoms with E-state index in [1.54, 1.807) is 43.6 Å². The predicted molar refractivity (Wildman–Crippen MR) is 111 cm³/mol. The zero-order valence-corrected chi connectivity index (χ0v) is 16.1. The minimum absolute atomic E-state index is 0.279. The molecule has 1 amide bonds. The summed E-state index contributed by atoms with van der Waals surface area (Å²) in [5.74, 6) is 1.26. The first kappa shape index (κ1) is 19.5. The Hall–Kier alpha value is -3.25. The summed E-state index contributed by atoms with van der Waals surface area (Å²) in [6, 6.07) is 16.2. The molecule has 3 rings (SSSR count). The number of carbonyl (C=O) groups excluding carboxylic acids is 1. The Kier molecular flexibility index (Phi) is 6.70. The number of anilines is 2. The van der Waals surface area contributed by atoms with Crippen LogP contribution in [0.4, 0.5) is 11.4 Å². The molecule has 1 heterocycles. The van der Waals surface area contributed by atoms with Gasteiger partial charge in [0, 0.05) is 18.9 Å². The summed E-state index contributed by atoms with van der Waals surface area (Å²) in [7, 11) is 1.62. The molecule has 1 aromatic heterocycles. The van der Waals surface area contributed by atoms with Crippen LogP contribution in [0.5, 0.6) is 11.5 Å². The molecule has 0 saturated carbocycles. The second-order valence-corrected chi connectivity index (χ2v) is 6.25. The zero-order chi connectivity index (χ0) is 19.8. The van der Waals surface area contributed by atoms with Crippen molar-refractivity contribution in [2.45, 2.75) is 0 Å². The van der Waals surface area contributed by atoms with E-state index in [0.717, 1.165) is 17.2 Å². The molecule has 6 nitrogen and oxygen atoms in total. The molecule has 28 heavy (non-hydrogen) atoms. The lowest BCUT2D eigenvalue weighted by Gasteiger charge is -2.10. The Bertz CT molecular complexity index is 932. The Morgan fingerprint density at radius 2 is 1.82 bits per heavy atom. The lowest BCUT2D eigenvalue weighted by Crippen LogP contribution is -2.14. The van der Waals surface area contributed by atoms with Gasteiger partial charge in [-0.25, -0.2) is 0 Å². The van der Waals surface area contributed by atoms with E-state index in [0.29, 0.717) is 29.4 Å². The van der Waals surface area contributed by atoms with Gasteiger partial charge in [-0.2, -0.15) is 0 Å². The third-order valence-electron chi connectivity index (χ3n) is 3.88. The first-order valence-electron chi connectivity index (χ1n) is 8.67. The number of benzene rings is 2. The monoisotopic (exact) mass is 397 g/mol. The van der Waals surface area contributed by atoms with E-state index in [9.17, 15) is 4.79 Å². The number of ether oxygens (including phenoxy) is 2. The number of hydrogen-bond acceptors (Lipinski definition) is 5. The first-order valence-corrected chi connectivity index (χ1v) is 9.05. The highest BCUT2D eigenvalue weighted by molar-refractivity contribution is 6.33. The molecule has 2 aromatic carbocycles. The molecular weight excluding hydrogens is 378 g/mol. The summed E-state index contributed by atoms with van der Waals surface area (Å²) in [6.07, 6.45) is 3.16. The van der Waals surface area contributed by atoms with Gasteiger partial charge < -0.3 is 20.1 Å². The van der Waals surface area contributed by atoms with Crippen molar-refractivity contribution in [1.82, 2.24) is 4.98 Å². The Morgan fingerprint density at radius 1 is 1.07 bits per heavy atom. The lowest BCUT2D eigenvalue weighted by atomic mass is 10.2. The summed E-state index contributed by atoms with van der Waals surface area (Å²) in [6.45, 7) is 1.02. The van der Waals surface area contributed by atoms with Gasteiger partial charge in [0.25, 0.3) is 5.91 Å². The molecule has 0 bridgehead atoms. The van der Waals surface area contributed by atoms with Gasteiger partial charge in [-0.3, -0.25) is 9.78 Å². The number of aromatic nitrogens is 1. The quantitative estimate of drug-likeness (QED) is 0.548. The van der Waals surface area contributed by atoms with Crippen molar-refractivity contribution in [3.05, 3.63) is 77.6 Å². The number of methoxy groups -OCH3 is 1. The number of para-hydroxylation sites is 1. The minimum atomic E-state index is -0.279. The number of nitrogens with zero attached hydrogens (tertiary/aromatic N) is 1. The van der Waals surface area contributed by atoms with Crippen LogP contribution in [0, 0.1) is 0 Å². The van der Waals surface area contributed by atoms with E-state index in [1.807, 2.05) is 24.3 Å². The number of nitrogens with one attached hydrogen (secondary N) is 2. The van der Waals surface area contributed by atoms with Crippen molar-refractivity contribution < 1.29 is 14.3 Å². The molecule has 0 atom stereocenters. The van der Waals surface area contributed by atoms with Gasteiger partial charge >= 0.3 is 0 Å². The van der Waals surface area contributed by atoms with Crippen molar-refractivity contribution in [2.24, 2.45) is 0 Å². The summed E-state index contributed by atoms with van der Waals surface area (Å²) in [4.78, 5) is 16.5. The summed E-state index contributed by atoms with van der Waals surface area (Å²) < 4.78 is 10.8. The van der Waals surface area contributed by atoms with Crippen LogP contribution >= 0.6 is 11.6 Å². The van der Waals surface area contributed by atoms with Crippen LogP contribution in [0.3, 0.4) is 0 Å². The second-order valence-electron chi connectivity index (χ2n) is 5.85. The minimum Gasteiger partial charge on any atom is -0.497 e.